The van der Waals surface area contributed by atoms with Crippen LogP contribution in [0.4, 0.5) is 0 Å². The lowest BCUT2D eigenvalue weighted by atomic mass is 10.2. The molecule has 0 saturated heterocycles. The molecule has 2 rings (SSSR count). The average molecular weight is 249 g/mol. The largest absolute Gasteiger partial charge is 0.491 e. The van der Waals surface area contributed by atoms with Crippen molar-refractivity contribution < 1.29 is 4.74 Å². The zero-order valence-electron chi connectivity index (χ0n) is 9.88. The number of benzene rings is 1. The summed E-state index contributed by atoms with van der Waals surface area (Å²) in [7, 11) is 0. The van der Waals surface area contributed by atoms with Crippen LogP contribution in [0.5, 0.6) is 5.75 Å². The molecule has 0 aliphatic carbocycles. The summed E-state index contributed by atoms with van der Waals surface area (Å²) < 4.78 is 5.64. The molecule has 0 saturated carbocycles. The fourth-order valence-electron chi connectivity index (χ4n) is 1.43. The maximum absolute atomic E-state index is 5.64. The molecule has 90 valence electrons. The van der Waals surface area contributed by atoms with Crippen LogP contribution in [0, 0.1) is 0 Å². The Kier molecular flexibility index (Phi) is 3.71. The van der Waals surface area contributed by atoms with E-state index in [0.29, 0.717) is 6.54 Å². The Hall–Kier alpha value is -1.46. The van der Waals surface area contributed by atoms with Gasteiger partial charge in [-0.25, -0.2) is 0 Å². The van der Waals surface area contributed by atoms with Gasteiger partial charge in [-0.05, 0) is 26.0 Å². The summed E-state index contributed by atoms with van der Waals surface area (Å²) in [4.78, 5) is 0. The van der Waals surface area contributed by atoms with Crippen LogP contribution in [-0.2, 0) is 6.54 Å². The molecule has 0 aliphatic heterocycles. The summed E-state index contributed by atoms with van der Waals surface area (Å²) in [6.07, 6.45) is 0.166. The molecule has 0 bridgehead atoms. The number of nitrogens with two attached hydrogens (primary N) is 1. The van der Waals surface area contributed by atoms with E-state index in [4.69, 9.17) is 10.5 Å². The highest BCUT2D eigenvalue weighted by Gasteiger charge is 2.07. The van der Waals surface area contributed by atoms with Gasteiger partial charge in [0.1, 0.15) is 15.8 Å². The van der Waals surface area contributed by atoms with Gasteiger partial charge in [0.2, 0.25) is 0 Å². The lowest BCUT2D eigenvalue weighted by Gasteiger charge is -2.09. The van der Waals surface area contributed by atoms with Crippen molar-refractivity contribution in [1.82, 2.24) is 10.2 Å². The van der Waals surface area contributed by atoms with Crippen molar-refractivity contribution in [3.05, 3.63) is 29.3 Å². The normalized spacial score (nSPS) is 10.8. The van der Waals surface area contributed by atoms with Gasteiger partial charge in [-0.3, -0.25) is 0 Å². The van der Waals surface area contributed by atoms with E-state index in [1.54, 1.807) is 0 Å². The van der Waals surface area contributed by atoms with Crippen molar-refractivity contribution in [2.75, 3.05) is 0 Å². The molecule has 0 spiro atoms. The Balaban J connectivity index is 2.26. The Morgan fingerprint density at radius 3 is 2.82 bits per heavy atom. The first kappa shape index (κ1) is 12.0. The standard InChI is InChI=1S/C12H15N3OS/c1-8(2)16-10-5-3-4-9(6-10)12-15-14-11(7-13)17-12/h3-6,8H,7,13H2,1-2H3. The topological polar surface area (TPSA) is 61.0 Å². The second-order valence-electron chi connectivity index (χ2n) is 3.90. The highest BCUT2D eigenvalue weighted by molar-refractivity contribution is 7.14. The van der Waals surface area contributed by atoms with Crippen molar-refractivity contribution in [1.29, 1.82) is 0 Å². The summed E-state index contributed by atoms with van der Waals surface area (Å²) in [5, 5.41) is 9.83. The second-order valence-corrected chi connectivity index (χ2v) is 4.96. The fraction of sp³-hybridized carbons (Fsp3) is 0.333. The van der Waals surface area contributed by atoms with Crippen LogP contribution >= 0.6 is 11.3 Å². The smallest absolute Gasteiger partial charge is 0.147 e. The third kappa shape index (κ3) is 3.01. The molecule has 0 fully saturated rings. The van der Waals surface area contributed by atoms with Gasteiger partial charge >= 0.3 is 0 Å². The van der Waals surface area contributed by atoms with Crippen LogP contribution in [0.2, 0.25) is 0 Å². The Morgan fingerprint density at radius 2 is 2.18 bits per heavy atom. The molecule has 1 heterocycles. The van der Waals surface area contributed by atoms with Crippen LogP contribution in [0.1, 0.15) is 18.9 Å². The van der Waals surface area contributed by atoms with Crippen LogP contribution in [-0.4, -0.2) is 16.3 Å². The van der Waals surface area contributed by atoms with E-state index in [1.807, 2.05) is 38.1 Å². The third-order valence-corrected chi connectivity index (χ3v) is 3.09. The Bertz CT molecular complexity index is 496. The number of aromatic nitrogens is 2. The predicted octanol–water partition coefficient (Wildman–Crippen LogP) is 2.45. The molecule has 0 unspecified atom stereocenters. The minimum atomic E-state index is 0.166. The van der Waals surface area contributed by atoms with E-state index in [9.17, 15) is 0 Å². The van der Waals surface area contributed by atoms with Crippen LogP contribution < -0.4 is 10.5 Å². The van der Waals surface area contributed by atoms with Gasteiger partial charge in [-0.15, -0.1) is 10.2 Å². The lowest BCUT2D eigenvalue weighted by Crippen LogP contribution is -2.05. The van der Waals surface area contributed by atoms with E-state index in [2.05, 4.69) is 10.2 Å². The van der Waals surface area contributed by atoms with Crippen LogP contribution in [0.15, 0.2) is 24.3 Å². The monoisotopic (exact) mass is 249 g/mol. The maximum Gasteiger partial charge on any atom is 0.147 e. The van der Waals surface area contributed by atoms with Gasteiger partial charge in [-0.1, -0.05) is 23.5 Å². The van der Waals surface area contributed by atoms with Crippen LogP contribution in [0.3, 0.4) is 0 Å². The molecule has 17 heavy (non-hydrogen) atoms. The predicted molar refractivity (Wildman–Crippen MR) is 69.0 cm³/mol. The number of hydrogen-bond acceptors (Lipinski definition) is 5. The molecule has 1 aromatic heterocycles. The number of rotatable bonds is 4. The van der Waals surface area contributed by atoms with Crippen molar-refractivity contribution in [2.24, 2.45) is 5.73 Å². The number of hydrogen-bond donors (Lipinski definition) is 1. The van der Waals surface area contributed by atoms with Gasteiger partial charge in [-0.2, -0.15) is 0 Å². The molecule has 2 N–H and O–H groups in total. The summed E-state index contributed by atoms with van der Waals surface area (Å²) in [6, 6.07) is 7.86. The van der Waals surface area contributed by atoms with E-state index < -0.39 is 0 Å². The first-order valence-corrected chi connectivity index (χ1v) is 6.30. The molecule has 0 atom stereocenters. The Morgan fingerprint density at radius 1 is 1.35 bits per heavy atom. The van der Waals surface area contributed by atoms with Crippen molar-refractivity contribution in [3.63, 3.8) is 0 Å². The van der Waals surface area contributed by atoms with Gasteiger partial charge in [0.05, 0.1) is 6.10 Å². The second kappa shape index (κ2) is 5.25. The summed E-state index contributed by atoms with van der Waals surface area (Å²) >= 11 is 1.51. The first-order valence-electron chi connectivity index (χ1n) is 5.48. The van der Waals surface area contributed by atoms with Gasteiger partial charge < -0.3 is 10.5 Å². The molecule has 2 aromatic rings. The molecule has 4 nitrogen and oxygen atoms in total. The lowest BCUT2D eigenvalue weighted by molar-refractivity contribution is 0.242. The minimum absolute atomic E-state index is 0.166. The average Bonchev–Trinajstić information content (AvgIpc) is 2.77. The van der Waals surface area contributed by atoms with Crippen molar-refractivity contribution in [3.8, 4) is 16.3 Å². The first-order chi connectivity index (χ1) is 8.19. The van der Waals surface area contributed by atoms with Crippen molar-refractivity contribution >= 4 is 11.3 Å². The molecule has 1 aromatic carbocycles. The highest BCUT2D eigenvalue weighted by atomic mass is 32.1. The summed E-state index contributed by atoms with van der Waals surface area (Å²) in [5.41, 5.74) is 6.53. The van der Waals surface area contributed by atoms with Gasteiger partial charge in [0.25, 0.3) is 0 Å². The fourth-order valence-corrected chi connectivity index (χ4v) is 2.14. The molecule has 0 aliphatic rings. The molecule has 5 heteroatoms. The quantitative estimate of drug-likeness (QED) is 0.904. The molecular weight excluding hydrogens is 234 g/mol. The minimum Gasteiger partial charge on any atom is -0.491 e. The molecular formula is C12H15N3OS. The van der Waals surface area contributed by atoms with E-state index in [0.717, 1.165) is 21.3 Å². The number of ether oxygens (including phenoxy) is 1. The zero-order valence-corrected chi connectivity index (χ0v) is 10.7. The molecule has 0 radical (unpaired) electrons. The van der Waals surface area contributed by atoms with E-state index in [1.165, 1.54) is 11.3 Å². The molecule has 0 amide bonds. The van der Waals surface area contributed by atoms with Gasteiger partial charge in [0.15, 0.2) is 0 Å². The highest BCUT2D eigenvalue weighted by Crippen LogP contribution is 2.26. The zero-order chi connectivity index (χ0) is 12.3. The number of nitrogens with zero attached hydrogens (tertiary/aromatic N) is 2. The summed E-state index contributed by atoms with van der Waals surface area (Å²) in [5.74, 6) is 0.849. The third-order valence-electron chi connectivity index (χ3n) is 2.09. The SMILES string of the molecule is CC(C)Oc1cccc(-c2nnc(CN)s2)c1. The van der Waals surface area contributed by atoms with Crippen LogP contribution in [0.25, 0.3) is 10.6 Å². The summed E-state index contributed by atoms with van der Waals surface area (Å²) in [6.45, 7) is 4.44. The maximum atomic E-state index is 5.64. The van der Waals surface area contributed by atoms with Gasteiger partial charge in [0, 0.05) is 12.1 Å². The van der Waals surface area contributed by atoms with Crippen molar-refractivity contribution in [2.45, 2.75) is 26.5 Å². The van der Waals surface area contributed by atoms with E-state index >= 15 is 0 Å². The van der Waals surface area contributed by atoms with E-state index in [-0.39, 0.29) is 6.10 Å². The Labute approximate surface area is 104 Å².